The van der Waals surface area contributed by atoms with Crippen LogP contribution in [0.1, 0.15) is 75.7 Å². The molecule has 0 aromatic rings. The molecule has 0 aromatic heterocycles. The largest absolute Gasteiger partial charge is 0.314 e. The minimum atomic E-state index is 0.230. The summed E-state index contributed by atoms with van der Waals surface area (Å²) < 4.78 is 0. The Bertz CT molecular complexity index is 376. The lowest BCUT2D eigenvalue weighted by atomic mass is 10.0. The maximum absolute atomic E-state index is 3.66. The molecular formula is C24H55N5. The first-order chi connectivity index (χ1) is 13.5. The Labute approximate surface area is 184 Å². The lowest BCUT2D eigenvalue weighted by Crippen LogP contribution is -2.49. The predicted molar refractivity (Wildman–Crippen MR) is 131 cm³/mol. The van der Waals surface area contributed by atoms with Gasteiger partial charge in [-0.1, -0.05) is 6.92 Å². The van der Waals surface area contributed by atoms with Gasteiger partial charge in [0.2, 0.25) is 0 Å². The summed E-state index contributed by atoms with van der Waals surface area (Å²) in [6.45, 7) is 32.9. The van der Waals surface area contributed by atoms with Crippen LogP contribution in [0.2, 0.25) is 0 Å². The van der Waals surface area contributed by atoms with E-state index in [1.54, 1.807) is 0 Å². The standard InChI is InChI=1S/C24H55N5/c1-11-16-27(21(2)3)17-12-25-13-18-28(22(4)5)19-14-26-15-20-29(23(6)7)24(8,9)10/h21-23,25-26H,11-20H2,1-10H3. The van der Waals surface area contributed by atoms with E-state index in [4.69, 9.17) is 0 Å². The van der Waals surface area contributed by atoms with Crippen molar-refractivity contribution in [2.75, 3.05) is 58.9 Å². The van der Waals surface area contributed by atoms with Crippen molar-refractivity contribution >= 4 is 0 Å². The van der Waals surface area contributed by atoms with E-state index < -0.39 is 0 Å². The van der Waals surface area contributed by atoms with Crippen LogP contribution < -0.4 is 10.6 Å². The molecule has 0 aromatic carbocycles. The lowest BCUT2D eigenvalue weighted by Gasteiger charge is -2.39. The van der Waals surface area contributed by atoms with E-state index in [0.717, 1.165) is 52.4 Å². The van der Waals surface area contributed by atoms with Crippen molar-refractivity contribution in [3.63, 3.8) is 0 Å². The number of nitrogens with one attached hydrogen (secondary N) is 2. The van der Waals surface area contributed by atoms with Gasteiger partial charge < -0.3 is 10.6 Å². The molecule has 0 saturated carbocycles. The van der Waals surface area contributed by atoms with Crippen LogP contribution in [0.5, 0.6) is 0 Å². The molecule has 5 nitrogen and oxygen atoms in total. The Hall–Kier alpha value is -0.200. The van der Waals surface area contributed by atoms with Gasteiger partial charge in [0, 0.05) is 76.0 Å². The molecule has 0 radical (unpaired) electrons. The average Bonchev–Trinajstić information content (AvgIpc) is 2.59. The number of nitrogens with zero attached hydrogens (tertiary/aromatic N) is 3. The van der Waals surface area contributed by atoms with Crippen LogP contribution in [0.15, 0.2) is 0 Å². The van der Waals surface area contributed by atoms with E-state index in [1.165, 1.54) is 13.0 Å². The van der Waals surface area contributed by atoms with Gasteiger partial charge in [-0.05, 0) is 75.3 Å². The Balaban J connectivity index is 4.07. The molecule has 0 aliphatic carbocycles. The molecule has 0 fully saturated rings. The van der Waals surface area contributed by atoms with E-state index in [2.05, 4.69) is 94.6 Å². The predicted octanol–water partition coefficient (Wildman–Crippen LogP) is 3.51. The molecule has 0 rings (SSSR count). The van der Waals surface area contributed by atoms with Gasteiger partial charge in [0.05, 0.1) is 0 Å². The molecule has 0 aliphatic heterocycles. The van der Waals surface area contributed by atoms with Gasteiger partial charge in [-0.15, -0.1) is 0 Å². The minimum Gasteiger partial charge on any atom is -0.314 e. The van der Waals surface area contributed by atoms with Crippen LogP contribution in [0.25, 0.3) is 0 Å². The quantitative estimate of drug-likeness (QED) is 0.357. The Kier molecular flexibility index (Phi) is 15.5. The third-order valence-electron chi connectivity index (χ3n) is 5.71. The third kappa shape index (κ3) is 13.7. The fraction of sp³-hybridized carbons (Fsp3) is 1.00. The number of hydrogen-bond acceptors (Lipinski definition) is 5. The summed E-state index contributed by atoms with van der Waals surface area (Å²) in [5.74, 6) is 0. The summed E-state index contributed by atoms with van der Waals surface area (Å²) in [5, 5.41) is 7.31. The van der Waals surface area contributed by atoms with Crippen molar-refractivity contribution in [1.82, 2.24) is 25.3 Å². The van der Waals surface area contributed by atoms with Gasteiger partial charge in [-0.3, -0.25) is 14.7 Å². The van der Waals surface area contributed by atoms with Crippen LogP contribution in [0.3, 0.4) is 0 Å². The van der Waals surface area contributed by atoms with Crippen molar-refractivity contribution in [2.45, 2.75) is 99.3 Å². The third-order valence-corrected chi connectivity index (χ3v) is 5.71. The second kappa shape index (κ2) is 15.6. The highest BCUT2D eigenvalue weighted by Gasteiger charge is 2.23. The first-order valence-corrected chi connectivity index (χ1v) is 12.2. The van der Waals surface area contributed by atoms with E-state index in [-0.39, 0.29) is 5.54 Å². The highest BCUT2D eigenvalue weighted by molar-refractivity contribution is 4.79. The maximum atomic E-state index is 3.66. The summed E-state index contributed by atoms with van der Waals surface area (Å²) in [6.07, 6.45) is 1.23. The Morgan fingerprint density at radius 1 is 0.586 bits per heavy atom. The average molecular weight is 414 g/mol. The van der Waals surface area contributed by atoms with Gasteiger partial charge >= 0.3 is 0 Å². The van der Waals surface area contributed by atoms with Crippen molar-refractivity contribution in [2.24, 2.45) is 0 Å². The Morgan fingerprint density at radius 3 is 1.28 bits per heavy atom. The van der Waals surface area contributed by atoms with Crippen molar-refractivity contribution < 1.29 is 0 Å². The normalized spacial score (nSPS) is 13.2. The molecule has 0 aliphatic rings. The number of hydrogen-bond donors (Lipinski definition) is 2. The van der Waals surface area contributed by atoms with E-state index in [9.17, 15) is 0 Å². The second-order valence-corrected chi connectivity index (χ2v) is 10.2. The van der Waals surface area contributed by atoms with Crippen molar-refractivity contribution in [3.8, 4) is 0 Å². The SMILES string of the molecule is CCCN(CCNCCN(CCNCCN(C(C)C)C(C)(C)C)C(C)C)C(C)C. The molecule has 0 atom stereocenters. The first-order valence-electron chi connectivity index (χ1n) is 12.2. The maximum Gasteiger partial charge on any atom is 0.0128 e. The summed E-state index contributed by atoms with van der Waals surface area (Å²) in [7, 11) is 0. The zero-order chi connectivity index (χ0) is 22.4. The number of rotatable bonds is 17. The molecule has 0 saturated heterocycles. The van der Waals surface area contributed by atoms with Crippen molar-refractivity contribution in [1.29, 1.82) is 0 Å². The minimum absolute atomic E-state index is 0.230. The highest BCUT2D eigenvalue weighted by Crippen LogP contribution is 2.15. The molecule has 176 valence electrons. The lowest BCUT2D eigenvalue weighted by molar-refractivity contribution is 0.0996. The van der Waals surface area contributed by atoms with Gasteiger partial charge in [0.15, 0.2) is 0 Å². The van der Waals surface area contributed by atoms with E-state index in [0.29, 0.717) is 18.1 Å². The summed E-state index contributed by atoms with van der Waals surface area (Å²) in [4.78, 5) is 7.72. The second-order valence-electron chi connectivity index (χ2n) is 10.2. The smallest absolute Gasteiger partial charge is 0.0128 e. The van der Waals surface area contributed by atoms with Crippen LogP contribution in [0, 0.1) is 0 Å². The molecule has 29 heavy (non-hydrogen) atoms. The van der Waals surface area contributed by atoms with Gasteiger partial charge in [0.25, 0.3) is 0 Å². The van der Waals surface area contributed by atoms with Gasteiger partial charge in [-0.2, -0.15) is 0 Å². The zero-order valence-electron chi connectivity index (χ0n) is 21.6. The topological polar surface area (TPSA) is 33.8 Å². The monoisotopic (exact) mass is 413 g/mol. The van der Waals surface area contributed by atoms with Crippen LogP contribution >= 0.6 is 0 Å². The van der Waals surface area contributed by atoms with Gasteiger partial charge in [-0.25, -0.2) is 0 Å². The molecule has 0 unspecified atom stereocenters. The molecule has 0 spiro atoms. The van der Waals surface area contributed by atoms with E-state index >= 15 is 0 Å². The molecule has 2 N–H and O–H groups in total. The zero-order valence-corrected chi connectivity index (χ0v) is 21.6. The molecule has 5 heteroatoms. The molecule has 0 bridgehead atoms. The first kappa shape index (κ1) is 28.8. The molecular weight excluding hydrogens is 358 g/mol. The van der Waals surface area contributed by atoms with Crippen LogP contribution in [-0.4, -0.2) is 97.3 Å². The van der Waals surface area contributed by atoms with Crippen molar-refractivity contribution in [3.05, 3.63) is 0 Å². The fourth-order valence-electron chi connectivity index (χ4n) is 4.03. The van der Waals surface area contributed by atoms with Crippen LogP contribution in [-0.2, 0) is 0 Å². The summed E-state index contributed by atoms with van der Waals surface area (Å²) in [6, 6.07) is 1.81. The molecule has 0 heterocycles. The van der Waals surface area contributed by atoms with Gasteiger partial charge in [0.1, 0.15) is 0 Å². The molecule has 0 amide bonds. The summed E-state index contributed by atoms with van der Waals surface area (Å²) >= 11 is 0. The van der Waals surface area contributed by atoms with Crippen LogP contribution in [0.4, 0.5) is 0 Å². The fourth-order valence-corrected chi connectivity index (χ4v) is 4.03. The highest BCUT2D eigenvalue weighted by atomic mass is 15.2. The summed E-state index contributed by atoms with van der Waals surface area (Å²) in [5.41, 5.74) is 0.230. The Morgan fingerprint density at radius 2 is 0.966 bits per heavy atom. The van der Waals surface area contributed by atoms with E-state index in [1.807, 2.05) is 0 Å².